The summed E-state index contributed by atoms with van der Waals surface area (Å²) in [6.07, 6.45) is 0.417. The smallest absolute Gasteiger partial charge is 0.224 e. The highest BCUT2D eigenvalue weighted by Crippen LogP contribution is 2.26. The third-order valence-electron chi connectivity index (χ3n) is 3.98. The molecular weight excluding hydrogens is 354 g/mol. The van der Waals surface area contributed by atoms with Gasteiger partial charge in [-0.15, -0.1) is 0 Å². The zero-order valence-corrected chi connectivity index (χ0v) is 15.5. The van der Waals surface area contributed by atoms with Crippen LogP contribution in [0, 0.1) is 0 Å². The molecule has 2 aromatic carbocycles. The van der Waals surface area contributed by atoms with E-state index in [1.54, 1.807) is 4.90 Å². The van der Waals surface area contributed by atoms with Crippen LogP contribution in [0.3, 0.4) is 0 Å². The number of amides is 1. The molecule has 4 nitrogen and oxygen atoms in total. The maximum absolute atomic E-state index is 12.5. The van der Waals surface area contributed by atoms with Gasteiger partial charge in [0.05, 0.1) is 10.8 Å². The SMILES string of the molecule is CC(=O)SC1CC(=O)N(Cc2ccc(S(=O)c3ccccc3)cc2)C1. The zero-order chi connectivity index (χ0) is 17.8. The number of carbonyl (C=O) groups is 2. The molecule has 2 aromatic rings. The average molecular weight is 373 g/mol. The van der Waals surface area contributed by atoms with Crippen LogP contribution in [0.25, 0.3) is 0 Å². The predicted molar refractivity (Wildman–Crippen MR) is 99.7 cm³/mol. The van der Waals surface area contributed by atoms with Crippen molar-refractivity contribution in [1.29, 1.82) is 0 Å². The van der Waals surface area contributed by atoms with Gasteiger partial charge in [0.25, 0.3) is 0 Å². The lowest BCUT2D eigenvalue weighted by Crippen LogP contribution is -2.25. The minimum absolute atomic E-state index is 0.0485. The van der Waals surface area contributed by atoms with E-state index in [9.17, 15) is 13.8 Å². The fourth-order valence-corrected chi connectivity index (χ4v) is 4.83. The molecule has 0 aliphatic carbocycles. The third kappa shape index (κ3) is 4.58. The molecule has 1 aliphatic rings. The molecule has 0 bridgehead atoms. The number of carbonyl (C=O) groups excluding carboxylic acids is 2. The van der Waals surface area contributed by atoms with Crippen molar-refractivity contribution in [1.82, 2.24) is 4.90 Å². The number of thioether (sulfide) groups is 1. The van der Waals surface area contributed by atoms with E-state index in [0.29, 0.717) is 19.5 Å². The van der Waals surface area contributed by atoms with Crippen molar-refractivity contribution in [3.8, 4) is 0 Å². The molecule has 0 spiro atoms. The van der Waals surface area contributed by atoms with Crippen LogP contribution in [0.5, 0.6) is 0 Å². The molecule has 0 aromatic heterocycles. The lowest BCUT2D eigenvalue weighted by atomic mass is 10.2. The second-order valence-corrected chi connectivity index (χ2v) is 8.89. The quantitative estimate of drug-likeness (QED) is 0.807. The first-order valence-electron chi connectivity index (χ1n) is 8.03. The highest BCUT2D eigenvalue weighted by Gasteiger charge is 2.30. The lowest BCUT2D eigenvalue weighted by molar-refractivity contribution is -0.128. The molecule has 0 saturated carbocycles. The first-order valence-corrected chi connectivity index (χ1v) is 10.1. The highest BCUT2D eigenvalue weighted by molar-refractivity contribution is 8.14. The maximum Gasteiger partial charge on any atom is 0.224 e. The van der Waals surface area contributed by atoms with E-state index in [1.165, 1.54) is 18.7 Å². The number of hydrogen-bond acceptors (Lipinski definition) is 4. The first kappa shape index (κ1) is 17.9. The highest BCUT2D eigenvalue weighted by atomic mass is 32.2. The second kappa shape index (κ2) is 7.97. The summed E-state index contributed by atoms with van der Waals surface area (Å²) in [5.41, 5.74) is 0.996. The monoisotopic (exact) mass is 373 g/mol. The van der Waals surface area contributed by atoms with Gasteiger partial charge >= 0.3 is 0 Å². The maximum atomic E-state index is 12.5. The molecule has 1 saturated heterocycles. The third-order valence-corrected chi connectivity index (χ3v) is 6.36. The van der Waals surface area contributed by atoms with Crippen molar-refractivity contribution in [2.45, 2.75) is 34.9 Å². The predicted octanol–water partition coefficient (Wildman–Crippen LogP) is 3.23. The van der Waals surface area contributed by atoms with Crippen LogP contribution in [0.1, 0.15) is 18.9 Å². The Labute approximate surface area is 154 Å². The molecule has 2 atom stereocenters. The Morgan fingerprint density at radius 3 is 2.40 bits per heavy atom. The Morgan fingerprint density at radius 2 is 1.76 bits per heavy atom. The van der Waals surface area contributed by atoms with Crippen LogP contribution >= 0.6 is 11.8 Å². The number of rotatable bonds is 5. The Hall–Kier alpha value is -1.92. The number of likely N-dealkylation sites (tertiary alicyclic amines) is 1. The Morgan fingerprint density at radius 1 is 1.12 bits per heavy atom. The molecule has 130 valence electrons. The Balaban J connectivity index is 1.64. The molecule has 1 amide bonds. The van der Waals surface area contributed by atoms with Gasteiger partial charge in [-0.3, -0.25) is 9.59 Å². The van der Waals surface area contributed by atoms with E-state index in [-0.39, 0.29) is 16.3 Å². The normalized spacial score (nSPS) is 18.4. The van der Waals surface area contributed by atoms with Gasteiger partial charge in [0.2, 0.25) is 5.91 Å². The summed E-state index contributed by atoms with van der Waals surface area (Å²) in [5, 5.41) is 0.0993. The molecule has 1 aliphatic heterocycles. The fourth-order valence-electron chi connectivity index (χ4n) is 2.82. The van der Waals surface area contributed by atoms with Crippen LogP contribution in [0.4, 0.5) is 0 Å². The van der Waals surface area contributed by atoms with Crippen LogP contribution in [0.15, 0.2) is 64.4 Å². The molecule has 0 radical (unpaired) electrons. The molecule has 1 fully saturated rings. The molecule has 0 N–H and O–H groups in total. The van der Waals surface area contributed by atoms with Gasteiger partial charge in [-0.25, -0.2) is 4.21 Å². The fraction of sp³-hybridized carbons (Fsp3) is 0.263. The van der Waals surface area contributed by atoms with Crippen molar-refractivity contribution >= 4 is 33.6 Å². The van der Waals surface area contributed by atoms with Crippen molar-refractivity contribution in [2.24, 2.45) is 0 Å². The van der Waals surface area contributed by atoms with Crippen LogP contribution in [0.2, 0.25) is 0 Å². The van der Waals surface area contributed by atoms with Crippen LogP contribution < -0.4 is 0 Å². The summed E-state index contributed by atoms with van der Waals surface area (Å²) in [6, 6.07) is 16.9. The van der Waals surface area contributed by atoms with E-state index in [2.05, 4.69) is 0 Å². The van der Waals surface area contributed by atoms with Gasteiger partial charge in [0.15, 0.2) is 5.12 Å². The van der Waals surface area contributed by atoms with Crippen LogP contribution in [-0.4, -0.2) is 31.9 Å². The lowest BCUT2D eigenvalue weighted by Gasteiger charge is -2.16. The van der Waals surface area contributed by atoms with Gasteiger partial charge < -0.3 is 4.90 Å². The van der Waals surface area contributed by atoms with Gasteiger partial charge in [0.1, 0.15) is 0 Å². The van der Waals surface area contributed by atoms with Crippen molar-refractivity contribution in [2.75, 3.05) is 6.54 Å². The van der Waals surface area contributed by atoms with Gasteiger partial charge in [-0.2, -0.15) is 0 Å². The summed E-state index contributed by atoms with van der Waals surface area (Å²) >= 11 is 1.24. The number of hydrogen-bond donors (Lipinski definition) is 0. The minimum Gasteiger partial charge on any atom is -0.337 e. The van der Waals surface area contributed by atoms with Crippen molar-refractivity contribution in [3.05, 3.63) is 60.2 Å². The Kier molecular flexibility index (Phi) is 5.71. The summed E-state index contributed by atoms with van der Waals surface area (Å²) < 4.78 is 12.5. The molecular formula is C19H19NO3S2. The summed E-state index contributed by atoms with van der Waals surface area (Å²) in [6.45, 7) is 2.65. The van der Waals surface area contributed by atoms with E-state index >= 15 is 0 Å². The molecule has 25 heavy (non-hydrogen) atoms. The molecule has 2 unspecified atom stereocenters. The van der Waals surface area contributed by atoms with Crippen molar-refractivity contribution < 1.29 is 13.8 Å². The van der Waals surface area contributed by atoms with Crippen LogP contribution in [-0.2, 0) is 26.9 Å². The van der Waals surface area contributed by atoms with Crippen molar-refractivity contribution in [3.63, 3.8) is 0 Å². The Bertz CT molecular complexity index is 790. The van der Waals surface area contributed by atoms with Gasteiger partial charge in [-0.05, 0) is 29.8 Å². The topological polar surface area (TPSA) is 54.5 Å². The van der Waals surface area contributed by atoms with E-state index in [1.807, 2.05) is 54.6 Å². The standard InChI is InChI=1S/C19H19NO3S2/c1-14(21)24-16-11-19(22)20(13-16)12-15-7-9-18(10-8-15)25(23)17-5-3-2-4-6-17/h2-10,16H,11-13H2,1H3. The summed E-state index contributed by atoms with van der Waals surface area (Å²) in [5.74, 6) is 0.0793. The summed E-state index contributed by atoms with van der Waals surface area (Å²) in [7, 11) is -1.20. The average Bonchev–Trinajstić information content (AvgIpc) is 2.94. The summed E-state index contributed by atoms with van der Waals surface area (Å²) in [4.78, 5) is 26.6. The number of nitrogens with zero attached hydrogens (tertiary/aromatic N) is 1. The largest absolute Gasteiger partial charge is 0.337 e. The molecule has 6 heteroatoms. The minimum atomic E-state index is -1.20. The number of benzene rings is 2. The van der Waals surface area contributed by atoms with Gasteiger partial charge in [0, 0.05) is 41.5 Å². The molecule has 1 heterocycles. The van der Waals surface area contributed by atoms with E-state index < -0.39 is 10.8 Å². The molecule has 3 rings (SSSR count). The first-order chi connectivity index (χ1) is 12.0. The second-order valence-electron chi connectivity index (χ2n) is 5.94. The zero-order valence-electron chi connectivity index (χ0n) is 13.9. The van der Waals surface area contributed by atoms with E-state index in [0.717, 1.165) is 15.4 Å². The van der Waals surface area contributed by atoms with E-state index in [4.69, 9.17) is 0 Å². The van der Waals surface area contributed by atoms with Gasteiger partial charge in [-0.1, -0.05) is 42.1 Å².